The normalized spacial score (nSPS) is 14.1. The van der Waals surface area contributed by atoms with Gasteiger partial charge in [0, 0.05) is 23.5 Å². The summed E-state index contributed by atoms with van der Waals surface area (Å²) < 4.78 is 38.5. The summed E-state index contributed by atoms with van der Waals surface area (Å²) in [7, 11) is 1.83. The Morgan fingerprint density at radius 3 is 2.67 bits per heavy atom. The molecular weight excluding hydrogens is 241 g/mol. The van der Waals surface area contributed by atoms with Crippen molar-refractivity contribution in [3.05, 3.63) is 35.5 Å². The SMILES string of the molecule is CNC(C)Cc1cc2cccc(C(F)(F)F)c2[nH]1. The van der Waals surface area contributed by atoms with Gasteiger partial charge in [-0.15, -0.1) is 0 Å². The lowest BCUT2D eigenvalue weighted by atomic mass is 10.1. The van der Waals surface area contributed by atoms with Crippen LogP contribution in [-0.4, -0.2) is 18.1 Å². The molecule has 0 saturated heterocycles. The van der Waals surface area contributed by atoms with Gasteiger partial charge in [-0.2, -0.15) is 13.2 Å². The number of likely N-dealkylation sites (N-methyl/N-ethyl adjacent to an activating group) is 1. The number of rotatable bonds is 3. The van der Waals surface area contributed by atoms with Crippen LogP contribution in [0.1, 0.15) is 18.2 Å². The number of fused-ring (bicyclic) bond motifs is 1. The van der Waals surface area contributed by atoms with Crippen LogP contribution in [0.15, 0.2) is 24.3 Å². The molecular formula is C13H15F3N2. The van der Waals surface area contributed by atoms with E-state index in [-0.39, 0.29) is 11.6 Å². The van der Waals surface area contributed by atoms with Gasteiger partial charge in [-0.05, 0) is 26.1 Å². The van der Waals surface area contributed by atoms with E-state index in [0.717, 1.165) is 11.8 Å². The number of nitrogens with one attached hydrogen (secondary N) is 2. The summed E-state index contributed by atoms with van der Waals surface area (Å²) in [6.07, 6.45) is -3.65. The Hall–Kier alpha value is -1.49. The van der Waals surface area contributed by atoms with E-state index in [1.807, 2.05) is 14.0 Å². The average molecular weight is 256 g/mol. The second kappa shape index (κ2) is 4.65. The molecule has 0 aliphatic heterocycles. The number of para-hydroxylation sites is 1. The third-order valence-corrected chi connectivity index (χ3v) is 3.04. The van der Waals surface area contributed by atoms with Crippen molar-refractivity contribution in [2.75, 3.05) is 7.05 Å². The van der Waals surface area contributed by atoms with Gasteiger partial charge in [0.1, 0.15) is 0 Å². The Morgan fingerprint density at radius 1 is 1.33 bits per heavy atom. The summed E-state index contributed by atoms with van der Waals surface area (Å²) in [5.74, 6) is 0. The molecule has 2 nitrogen and oxygen atoms in total. The lowest BCUT2D eigenvalue weighted by molar-refractivity contribution is -0.136. The van der Waals surface area contributed by atoms with Crippen molar-refractivity contribution < 1.29 is 13.2 Å². The Bertz CT molecular complexity index is 543. The Labute approximate surface area is 103 Å². The van der Waals surface area contributed by atoms with Crippen molar-refractivity contribution in [2.24, 2.45) is 0 Å². The first-order chi connectivity index (χ1) is 8.41. The van der Waals surface area contributed by atoms with Gasteiger partial charge in [-0.25, -0.2) is 0 Å². The fourth-order valence-electron chi connectivity index (χ4n) is 1.99. The van der Waals surface area contributed by atoms with Crippen LogP contribution in [0.3, 0.4) is 0 Å². The Morgan fingerprint density at radius 2 is 2.06 bits per heavy atom. The predicted octanol–water partition coefficient (Wildman–Crippen LogP) is 3.34. The summed E-state index contributed by atoms with van der Waals surface area (Å²) in [4.78, 5) is 2.88. The molecule has 2 aromatic rings. The maximum atomic E-state index is 12.8. The fraction of sp³-hybridized carbons (Fsp3) is 0.385. The summed E-state index contributed by atoms with van der Waals surface area (Å²) in [6, 6.07) is 6.22. The monoisotopic (exact) mass is 256 g/mol. The van der Waals surface area contributed by atoms with Crippen molar-refractivity contribution in [1.82, 2.24) is 10.3 Å². The zero-order valence-corrected chi connectivity index (χ0v) is 10.2. The highest BCUT2D eigenvalue weighted by Crippen LogP contribution is 2.34. The summed E-state index contributed by atoms with van der Waals surface area (Å²) >= 11 is 0. The standard InChI is InChI=1S/C13H15F3N2/c1-8(17-2)6-10-7-9-4-3-5-11(12(9)18-10)13(14,15)16/h3-5,7-8,17-18H,6H2,1-2H3. The van der Waals surface area contributed by atoms with Crippen LogP contribution in [0.2, 0.25) is 0 Å². The minimum atomic E-state index is -4.32. The molecule has 0 amide bonds. The number of aromatic amines is 1. The lowest BCUT2D eigenvalue weighted by Gasteiger charge is -2.08. The van der Waals surface area contributed by atoms with E-state index >= 15 is 0 Å². The molecule has 1 heterocycles. The number of aromatic nitrogens is 1. The molecule has 0 aliphatic rings. The number of hydrogen-bond acceptors (Lipinski definition) is 1. The third kappa shape index (κ3) is 2.51. The van der Waals surface area contributed by atoms with Crippen molar-refractivity contribution in [1.29, 1.82) is 0 Å². The minimum absolute atomic E-state index is 0.170. The summed E-state index contributed by atoms with van der Waals surface area (Å²) in [5, 5.41) is 3.66. The minimum Gasteiger partial charge on any atom is -0.358 e. The number of benzene rings is 1. The van der Waals surface area contributed by atoms with E-state index in [4.69, 9.17) is 0 Å². The van der Waals surface area contributed by atoms with Crippen LogP contribution in [0.25, 0.3) is 10.9 Å². The molecule has 0 bridgehead atoms. The lowest BCUT2D eigenvalue weighted by Crippen LogP contribution is -2.23. The fourth-order valence-corrected chi connectivity index (χ4v) is 1.99. The largest absolute Gasteiger partial charge is 0.418 e. The highest BCUT2D eigenvalue weighted by atomic mass is 19.4. The van der Waals surface area contributed by atoms with Gasteiger partial charge >= 0.3 is 6.18 Å². The van der Waals surface area contributed by atoms with E-state index < -0.39 is 11.7 Å². The first-order valence-electron chi connectivity index (χ1n) is 5.77. The van der Waals surface area contributed by atoms with Crippen LogP contribution < -0.4 is 5.32 Å². The summed E-state index contributed by atoms with van der Waals surface area (Å²) in [5.41, 5.74) is 0.371. The average Bonchev–Trinajstić information content (AvgIpc) is 2.68. The summed E-state index contributed by atoms with van der Waals surface area (Å²) in [6.45, 7) is 1.98. The van der Waals surface area contributed by atoms with Gasteiger partial charge < -0.3 is 10.3 Å². The van der Waals surface area contributed by atoms with E-state index in [2.05, 4.69) is 10.3 Å². The van der Waals surface area contributed by atoms with Crippen LogP contribution in [0, 0.1) is 0 Å². The molecule has 2 rings (SSSR count). The van der Waals surface area contributed by atoms with Crippen molar-refractivity contribution in [2.45, 2.75) is 25.6 Å². The van der Waals surface area contributed by atoms with Crippen LogP contribution >= 0.6 is 0 Å². The van der Waals surface area contributed by atoms with Gasteiger partial charge in [0.05, 0.1) is 11.1 Å². The molecule has 0 aliphatic carbocycles. The molecule has 5 heteroatoms. The molecule has 1 unspecified atom stereocenters. The maximum absolute atomic E-state index is 12.8. The quantitative estimate of drug-likeness (QED) is 0.866. The zero-order valence-electron chi connectivity index (χ0n) is 10.2. The second-order valence-electron chi connectivity index (χ2n) is 4.46. The topological polar surface area (TPSA) is 27.8 Å². The van der Waals surface area contributed by atoms with Gasteiger partial charge in [0.25, 0.3) is 0 Å². The van der Waals surface area contributed by atoms with Crippen LogP contribution in [0.5, 0.6) is 0 Å². The molecule has 2 N–H and O–H groups in total. The van der Waals surface area contributed by atoms with Gasteiger partial charge in [0.15, 0.2) is 0 Å². The molecule has 1 atom stereocenters. The smallest absolute Gasteiger partial charge is 0.358 e. The first-order valence-corrected chi connectivity index (χ1v) is 5.77. The first kappa shape index (κ1) is 13.0. The third-order valence-electron chi connectivity index (χ3n) is 3.04. The molecule has 18 heavy (non-hydrogen) atoms. The van der Waals surface area contributed by atoms with Gasteiger partial charge in [-0.1, -0.05) is 12.1 Å². The Balaban J connectivity index is 2.45. The van der Waals surface area contributed by atoms with Crippen molar-refractivity contribution >= 4 is 10.9 Å². The van der Waals surface area contributed by atoms with Crippen LogP contribution in [0.4, 0.5) is 13.2 Å². The Kier molecular flexibility index (Phi) is 3.34. The van der Waals surface area contributed by atoms with E-state index in [0.29, 0.717) is 11.8 Å². The number of H-pyrrole nitrogens is 1. The highest BCUT2D eigenvalue weighted by Gasteiger charge is 2.33. The van der Waals surface area contributed by atoms with E-state index in [1.165, 1.54) is 6.07 Å². The highest BCUT2D eigenvalue weighted by molar-refractivity contribution is 5.84. The molecule has 0 spiro atoms. The van der Waals surface area contributed by atoms with Gasteiger partial charge in [0.2, 0.25) is 0 Å². The van der Waals surface area contributed by atoms with E-state index in [1.54, 1.807) is 12.1 Å². The second-order valence-corrected chi connectivity index (χ2v) is 4.46. The maximum Gasteiger partial charge on any atom is 0.418 e. The molecule has 1 aromatic heterocycles. The molecule has 0 saturated carbocycles. The van der Waals surface area contributed by atoms with Gasteiger partial charge in [-0.3, -0.25) is 0 Å². The number of hydrogen-bond donors (Lipinski definition) is 2. The molecule has 0 fully saturated rings. The van der Waals surface area contributed by atoms with Crippen molar-refractivity contribution in [3.8, 4) is 0 Å². The molecule has 0 radical (unpaired) electrons. The van der Waals surface area contributed by atoms with Crippen molar-refractivity contribution in [3.63, 3.8) is 0 Å². The molecule has 1 aromatic carbocycles. The molecule has 98 valence electrons. The zero-order chi connectivity index (χ0) is 13.3. The predicted molar refractivity (Wildman–Crippen MR) is 65.5 cm³/mol. The number of alkyl halides is 3. The van der Waals surface area contributed by atoms with E-state index in [9.17, 15) is 13.2 Å². The van der Waals surface area contributed by atoms with Crippen LogP contribution in [-0.2, 0) is 12.6 Å². The number of halogens is 3.